The van der Waals surface area contributed by atoms with Gasteiger partial charge in [0.1, 0.15) is 11.6 Å². The monoisotopic (exact) mass is 352 g/mol. The Morgan fingerprint density at radius 1 is 1.35 bits per heavy atom. The number of hydrogen-bond acceptors (Lipinski definition) is 5. The topological polar surface area (TPSA) is 112 Å². The molecule has 0 amide bonds. The van der Waals surface area contributed by atoms with Gasteiger partial charge in [-0.1, -0.05) is 13.8 Å². The first-order valence-corrected chi connectivity index (χ1v) is 8.76. The van der Waals surface area contributed by atoms with Crippen molar-refractivity contribution in [3.05, 3.63) is 40.1 Å². The molecule has 8 nitrogen and oxygen atoms in total. The van der Waals surface area contributed by atoms with Gasteiger partial charge in [0.05, 0.1) is 30.2 Å². The molecule has 0 aliphatic heterocycles. The van der Waals surface area contributed by atoms with E-state index in [0.717, 1.165) is 18.4 Å². The Kier molecular flexibility index (Phi) is 3.89. The van der Waals surface area contributed by atoms with Gasteiger partial charge in [-0.2, -0.15) is 20.0 Å². The molecule has 1 aliphatic rings. The van der Waals surface area contributed by atoms with E-state index in [1.54, 1.807) is 6.20 Å². The Labute approximate surface area is 149 Å². The summed E-state index contributed by atoms with van der Waals surface area (Å²) in [6.07, 6.45) is 7.09. The fourth-order valence-electron chi connectivity index (χ4n) is 3.72. The molecule has 0 bridgehead atoms. The van der Waals surface area contributed by atoms with Crippen LogP contribution in [0.5, 0.6) is 0 Å². The third kappa shape index (κ3) is 2.52. The number of rotatable bonds is 3. The Hall–Kier alpha value is -2.92. The predicted molar refractivity (Wildman–Crippen MR) is 94.7 cm³/mol. The highest BCUT2D eigenvalue weighted by Gasteiger charge is 2.26. The molecule has 2 N–H and O–H groups in total. The molecule has 2 atom stereocenters. The number of nitrogens with one attached hydrogen (secondary N) is 1. The van der Waals surface area contributed by atoms with Crippen molar-refractivity contribution in [2.45, 2.75) is 51.2 Å². The van der Waals surface area contributed by atoms with Gasteiger partial charge in [-0.05, 0) is 25.2 Å². The quantitative estimate of drug-likeness (QED) is 0.748. The molecule has 3 aromatic rings. The summed E-state index contributed by atoms with van der Waals surface area (Å²) in [5, 5.41) is 27.5. The summed E-state index contributed by atoms with van der Waals surface area (Å²) >= 11 is 0. The van der Waals surface area contributed by atoms with E-state index >= 15 is 0 Å². The minimum atomic E-state index is -0.278. The third-order valence-corrected chi connectivity index (χ3v) is 5.04. The Bertz CT molecular complexity index is 1070. The molecule has 3 heterocycles. The smallest absolute Gasteiger partial charge is 0.278 e. The van der Waals surface area contributed by atoms with Crippen LogP contribution in [0.1, 0.15) is 56.2 Å². The lowest BCUT2D eigenvalue weighted by Crippen LogP contribution is -2.22. The van der Waals surface area contributed by atoms with Crippen molar-refractivity contribution in [1.82, 2.24) is 24.4 Å². The first-order chi connectivity index (χ1) is 12.5. The van der Waals surface area contributed by atoms with Gasteiger partial charge in [0, 0.05) is 17.3 Å². The van der Waals surface area contributed by atoms with Gasteiger partial charge >= 0.3 is 0 Å². The van der Waals surface area contributed by atoms with Crippen molar-refractivity contribution in [3.8, 4) is 17.3 Å². The molecule has 0 unspecified atom stereocenters. The van der Waals surface area contributed by atoms with Crippen LogP contribution in [0.4, 0.5) is 0 Å². The van der Waals surface area contributed by atoms with Crippen LogP contribution >= 0.6 is 0 Å². The third-order valence-electron chi connectivity index (χ3n) is 5.04. The number of aliphatic hydroxyl groups is 1. The minimum Gasteiger partial charge on any atom is -0.393 e. The normalized spacial score (nSPS) is 20.1. The van der Waals surface area contributed by atoms with Gasteiger partial charge in [0.15, 0.2) is 5.65 Å². The molecule has 0 spiro atoms. The lowest BCUT2D eigenvalue weighted by atomic mass is 10.00. The van der Waals surface area contributed by atoms with E-state index in [9.17, 15) is 15.2 Å². The molecular formula is C18H20N6O2. The predicted octanol–water partition coefficient (Wildman–Crippen LogP) is 1.97. The zero-order valence-electron chi connectivity index (χ0n) is 14.7. The fraction of sp³-hybridized carbons (Fsp3) is 0.444. The summed E-state index contributed by atoms with van der Waals surface area (Å²) in [6.45, 7) is 3.90. The molecule has 1 aliphatic carbocycles. The van der Waals surface area contributed by atoms with Crippen LogP contribution in [0.2, 0.25) is 0 Å². The standard InChI is InChI=1S/C18H20N6O2/c1-10(2)15-16(22-17-11(6-19)7-21-24(17)18(15)26)12-8-20-23(9-12)13-3-4-14(25)5-13/h7-10,13-14,22,25H,3-5H2,1-2H3/t13-,14-/m0/s1. The number of nitrogens with zero attached hydrogens (tertiary/aromatic N) is 5. The largest absolute Gasteiger partial charge is 0.393 e. The first-order valence-electron chi connectivity index (χ1n) is 8.76. The van der Waals surface area contributed by atoms with Crippen LogP contribution in [-0.2, 0) is 0 Å². The highest BCUT2D eigenvalue weighted by molar-refractivity contribution is 5.67. The van der Waals surface area contributed by atoms with E-state index in [4.69, 9.17) is 0 Å². The molecule has 0 aromatic carbocycles. The van der Waals surface area contributed by atoms with E-state index < -0.39 is 0 Å². The SMILES string of the molecule is CC(C)c1c(-c2cnn([C@H]3CC[C@H](O)C3)c2)[nH]c2c(C#N)cnn2c1=O. The maximum Gasteiger partial charge on any atom is 0.278 e. The van der Waals surface area contributed by atoms with E-state index in [1.165, 1.54) is 10.7 Å². The average molecular weight is 352 g/mol. The lowest BCUT2D eigenvalue weighted by Gasteiger charge is -2.12. The van der Waals surface area contributed by atoms with E-state index in [-0.39, 0.29) is 23.6 Å². The summed E-state index contributed by atoms with van der Waals surface area (Å²) in [5.41, 5.74) is 2.55. The highest BCUT2D eigenvalue weighted by Crippen LogP contribution is 2.32. The zero-order valence-corrected chi connectivity index (χ0v) is 14.7. The van der Waals surface area contributed by atoms with Crippen LogP contribution in [0.25, 0.3) is 16.9 Å². The molecule has 0 saturated heterocycles. The highest BCUT2D eigenvalue weighted by atomic mass is 16.3. The Morgan fingerprint density at radius 2 is 2.15 bits per heavy atom. The van der Waals surface area contributed by atoms with Crippen LogP contribution in [0.3, 0.4) is 0 Å². The molecule has 1 fully saturated rings. The maximum absolute atomic E-state index is 12.9. The number of aliphatic hydroxyl groups excluding tert-OH is 1. The van der Waals surface area contributed by atoms with Gasteiger partial charge < -0.3 is 10.1 Å². The van der Waals surface area contributed by atoms with Gasteiger partial charge in [-0.15, -0.1) is 0 Å². The molecule has 0 radical (unpaired) electrons. The molecule has 3 aromatic heterocycles. The summed E-state index contributed by atoms with van der Waals surface area (Å²) in [5.74, 6) is -0.0236. The molecule has 4 rings (SSSR count). The van der Waals surface area contributed by atoms with E-state index in [2.05, 4.69) is 21.3 Å². The summed E-state index contributed by atoms with van der Waals surface area (Å²) in [4.78, 5) is 16.1. The summed E-state index contributed by atoms with van der Waals surface area (Å²) in [6, 6.07) is 2.23. The second-order valence-corrected chi connectivity index (χ2v) is 7.13. The number of fused-ring (bicyclic) bond motifs is 1. The number of aromatic nitrogens is 5. The van der Waals surface area contributed by atoms with Crippen molar-refractivity contribution < 1.29 is 5.11 Å². The molecule has 26 heavy (non-hydrogen) atoms. The second-order valence-electron chi connectivity index (χ2n) is 7.13. The van der Waals surface area contributed by atoms with Crippen LogP contribution in [0.15, 0.2) is 23.4 Å². The number of hydrogen-bond donors (Lipinski definition) is 2. The Morgan fingerprint density at radius 3 is 2.81 bits per heavy atom. The van der Waals surface area contributed by atoms with Crippen molar-refractivity contribution in [2.75, 3.05) is 0 Å². The first kappa shape index (κ1) is 16.5. The van der Waals surface area contributed by atoms with Gasteiger partial charge in [0.2, 0.25) is 0 Å². The van der Waals surface area contributed by atoms with Gasteiger partial charge in [-0.25, -0.2) is 0 Å². The van der Waals surface area contributed by atoms with Crippen molar-refractivity contribution in [3.63, 3.8) is 0 Å². The maximum atomic E-state index is 12.9. The second kappa shape index (κ2) is 6.11. The van der Waals surface area contributed by atoms with Crippen LogP contribution < -0.4 is 5.56 Å². The van der Waals surface area contributed by atoms with Crippen molar-refractivity contribution >= 4 is 5.65 Å². The molecular weight excluding hydrogens is 332 g/mol. The van der Waals surface area contributed by atoms with Crippen LogP contribution in [-0.4, -0.2) is 35.6 Å². The average Bonchev–Trinajstić information content (AvgIpc) is 3.32. The number of H-pyrrole nitrogens is 1. The van der Waals surface area contributed by atoms with Crippen molar-refractivity contribution in [1.29, 1.82) is 5.26 Å². The minimum absolute atomic E-state index is 0.0236. The molecule has 134 valence electrons. The molecule has 8 heteroatoms. The van der Waals surface area contributed by atoms with E-state index in [1.807, 2.05) is 24.7 Å². The van der Waals surface area contributed by atoms with E-state index in [0.29, 0.717) is 28.9 Å². The number of nitriles is 1. The summed E-state index contributed by atoms with van der Waals surface area (Å²) < 4.78 is 3.11. The van der Waals surface area contributed by atoms with Crippen molar-refractivity contribution in [2.24, 2.45) is 0 Å². The fourth-order valence-corrected chi connectivity index (χ4v) is 3.72. The number of aromatic amines is 1. The van der Waals surface area contributed by atoms with Gasteiger partial charge in [-0.3, -0.25) is 9.48 Å². The Balaban J connectivity index is 1.88. The van der Waals surface area contributed by atoms with Gasteiger partial charge in [0.25, 0.3) is 5.56 Å². The summed E-state index contributed by atoms with van der Waals surface area (Å²) in [7, 11) is 0. The lowest BCUT2D eigenvalue weighted by molar-refractivity contribution is 0.177. The zero-order chi connectivity index (χ0) is 18.4. The molecule has 1 saturated carbocycles. The van der Waals surface area contributed by atoms with Crippen LogP contribution in [0, 0.1) is 11.3 Å².